The predicted octanol–water partition coefficient (Wildman–Crippen LogP) is 4.64. The Balaban J connectivity index is 1.79. The van der Waals surface area contributed by atoms with Gasteiger partial charge in [-0.3, -0.25) is 0 Å². The smallest absolute Gasteiger partial charge is 0.123 e. The summed E-state index contributed by atoms with van der Waals surface area (Å²) in [6.07, 6.45) is 5.15. The third kappa shape index (κ3) is 2.52. The van der Waals surface area contributed by atoms with Crippen molar-refractivity contribution >= 4 is 15.9 Å². The zero-order valence-electron chi connectivity index (χ0n) is 10.5. The van der Waals surface area contributed by atoms with Crippen molar-refractivity contribution in [2.24, 2.45) is 5.92 Å². The van der Waals surface area contributed by atoms with Gasteiger partial charge < -0.3 is 4.74 Å². The first-order valence-electron chi connectivity index (χ1n) is 6.49. The molecule has 0 N–H and O–H groups in total. The molecule has 1 atom stereocenters. The number of hydrogen-bond donors (Lipinski definition) is 0. The maximum atomic E-state index is 5.91. The number of rotatable bonds is 3. The summed E-state index contributed by atoms with van der Waals surface area (Å²) in [7, 11) is 0. The van der Waals surface area contributed by atoms with Gasteiger partial charge in [0, 0.05) is 11.2 Å². The Morgan fingerprint density at radius 1 is 1.41 bits per heavy atom. The zero-order valence-corrected chi connectivity index (χ0v) is 12.1. The van der Waals surface area contributed by atoms with E-state index in [1.165, 1.54) is 30.4 Å². The molecule has 1 fully saturated rings. The average molecular weight is 295 g/mol. The molecule has 0 radical (unpaired) electrons. The van der Waals surface area contributed by atoms with Gasteiger partial charge in [-0.25, -0.2) is 0 Å². The van der Waals surface area contributed by atoms with Crippen LogP contribution in [-0.2, 0) is 6.42 Å². The number of alkyl halides is 1. The Morgan fingerprint density at radius 2 is 2.18 bits per heavy atom. The lowest BCUT2D eigenvalue weighted by Gasteiger charge is -2.16. The van der Waals surface area contributed by atoms with Gasteiger partial charge in [-0.1, -0.05) is 40.9 Å². The first kappa shape index (κ1) is 11.6. The van der Waals surface area contributed by atoms with Crippen LogP contribution in [0.3, 0.4) is 0 Å². The molecule has 17 heavy (non-hydrogen) atoms. The highest BCUT2D eigenvalue weighted by atomic mass is 79.9. The van der Waals surface area contributed by atoms with Crippen LogP contribution in [0.25, 0.3) is 0 Å². The molecule has 1 nitrogen and oxygen atoms in total. The Morgan fingerprint density at radius 3 is 2.88 bits per heavy atom. The molecule has 1 aromatic rings. The normalized spacial score (nSPS) is 23.0. The van der Waals surface area contributed by atoms with Gasteiger partial charge >= 0.3 is 0 Å². The van der Waals surface area contributed by atoms with Crippen LogP contribution < -0.4 is 4.74 Å². The molecule has 2 heteroatoms. The standard InChI is InChI=1S/C15H19BrO/c1-15(2)9-12-8-11(5-6-14(12)17-15)13(16)7-10-3-4-10/h5-6,8,10,13H,3-4,7,9H2,1-2H3. The van der Waals surface area contributed by atoms with Gasteiger partial charge in [-0.05, 0) is 43.4 Å². The molecular weight excluding hydrogens is 276 g/mol. The second kappa shape index (κ2) is 4.01. The highest BCUT2D eigenvalue weighted by Crippen LogP contribution is 2.43. The molecule has 1 aromatic carbocycles. The summed E-state index contributed by atoms with van der Waals surface area (Å²) in [6, 6.07) is 6.68. The molecule has 0 bridgehead atoms. The Labute approximate surface area is 112 Å². The van der Waals surface area contributed by atoms with Crippen molar-refractivity contribution in [1.82, 2.24) is 0 Å². The second-order valence-corrected chi connectivity index (χ2v) is 7.16. The van der Waals surface area contributed by atoms with Crippen LogP contribution >= 0.6 is 15.9 Å². The first-order valence-corrected chi connectivity index (χ1v) is 7.41. The van der Waals surface area contributed by atoms with E-state index >= 15 is 0 Å². The van der Waals surface area contributed by atoms with Crippen LogP contribution in [0.4, 0.5) is 0 Å². The summed E-state index contributed by atoms with van der Waals surface area (Å²) in [4.78, 5) is 0.518. The van der Waals surface area contributed by atoms with Gasteiger partial charge in [0.25, 0.3) is 0 Å². The van der Waals surface area contributed by atoms with Crippen molar-refractivity contribution in [3.05, 3.63) is 29.3 Å². The molecular formula is C15H19BrO. The van der Waals surface area contributed by atoms with Crippen LogP contribution in [0.1, 0.15) is 49.1 Å². The van der Waals surface area contributed by atoms with Gasteiger partial charge in [0.15, 0.2) is 0 Å². The van der Waals surface area contributed by atoms with E-state index in [0.29, 0.717) is 4.83 Å². The van der Waals surface area contributed by atoms with E-state index in [9.17, 15) is 0 Å². The third-order valence-electron chi connectivity index (χ3n) is 3.69. The summed E-state index contributed by atoms with van der Waals surface area (Å²) in [5.74, 6) is 2.03. The van der Waals surface area contributed by atoms with Crippen LogP contribution in [0.5, 0.6) is 5.75 Å². The summed E-state index contributed by atoms with van der Waals surface area (Å²) in [5.41, 5.74) is 2.75. The number of benzene rings is 1. The van der Waals surface area contributed by atoms with Crippen LogP contribution in [0.2, 0.25) is 0 Å². The first-order chi connectivity index (χ1) is 8.03. The predicted molar refractivity (Wildman–Crippen MR) is 73.9 cm³/mol. The number of halogens is 1. The van der Waals surface area contributed by atoms with Crippen molar-refractivity contribution in [3.8, 4) is 5.75 Å². The van der Waals surface area contributed by atoms with Crippen LogP contribution in [0.15, 0.2) is 18.2 Å². The molecule has 92 valence electrons. The minimum absolute atomic E-state index is 0.0285. The third-order valence-corrected chi connectivity index (χ3v) is 4.59. The Bertz CT molecular complexity index is 435. The molecule has 1 aliphatic heterocycles. The SMILES string of the molecule is CC1(C)Cc2cc(C(Br)CC3CC3)ccc2O1. The maximum absolute atomic E-state index is 5.91. The molecule has 3 rings (SSSR count). The highest BCUT2D eigenvalue weighted by molar-refractivity contribution is 9.09. The fourth-order valence-electron chi connectivity index (χ4n) is 2.61. The molecule has 1 aliphatic carbocycles. The molecule has 1 unspecified atom stereocenters. The lowest BCUT2D eigenvalue weighted by molar-refractivity contribution is 0.138. The number of ether oxygens (including phenoxy) is 1. The topological polar surface area (TPSA) is 9.23 Å². The molecule has 2 aliphatic rings. The fourth-order valence-corrected chi connectivity index (χ4v) is 3.42. The molecule has 1 heterocycles. The lowest BCUT2D eigenvalue weighted by atomic mass is 9.98. The van der Waals surface area contributed by atoms with Gasteiger partial charge in [0.2, 0.25) is 0 Å². The summed E-state index contributed by atoms with van der Waals surface area (Å²) >= 11 is 3.82. The van der Waals surface area contributed by atoms with E-state index in [4.69, 9.17) is 4.74 Å². The average Bonchev–Trinajstić information content (AvgIpc) is 2.97. The number of hydrogen-bond acceptors (Lipinski definition) is 1. The molecule has 1 saturated carbocycles. The van der Waals surface area contributed by atoms with Crippen molar-refractivity contribution in [2.45, 2.75) is 50.0 Å². The van der Waals surface area contributed by atoms with Gasteiger partial charge in [0.05, 0.1) is 0 Å². The van der Waals surface area contributed by atoms with E-state index in [0.717, 1.165) is 18.1 Å². The monoisotopic (exact) mass is 294 g/mol. The van der Waals surface area contributed by atoms with Crippen molar-refractivity contribution < 1.29 is 4.74 Å². The van der Waals surface area contributed by atoms with Gasteiger partial charge in [-0.15, -0.1) is 0 Å². The quantitative estimate of drug-likeness (QED) is 0.738. The molecule has 0 aromatic heterocycles. The molecule has 0 saturated heterocycles. The van der Waals surface area contributed by atoms with E-state index in [1.54, 1.807) is 0 Å². The minimum Gasteiger partial charge on any atom is -0.487 e. The lowest BCUT2D eigenvalue weighted by Crippen LogP contribution is -2.24. The largest absolute Gasteiger partial charge is 0.487 e. The molecule has 0 spiro atoms. The maximum Gasteiger partial charge on any atom is 0.123 e. The summed E-state index contributed by atoms with van der Waals surface area (Å²) in [6.45, 7) is 4.31. The summed E-state index contributed by atoms with van der Waals surface area (Å²) < 4.78 is 5.91. The van der Waals surface area contributed by atoms with E-state index in [-0.39, 0.29) is 5.60 Å². The van der Waals surface area contributed by atoms with Crippen LogP contribution in [0, 0.1) is 5.92 Å². The van der Waals surface area contributed by atoms with Crippen molar-refractivity contribution in [1.29, 1.82) is 0 Å². The number of fused-ring (bicyclic) bond motifs is 1. The van der Waals surface area contributed by atoms with Crippen molar-refractivity contribution in [3.63, 3.8) is 0 Å². The Hall–Kier alpha value is -0.500. The van der Waals surface area contributed by atoms with Crippen molar-refractivity contribution in [2.75, 3.05) is 0 Å². The summed E-state index contributed by atoms with van der Waals surface area (Å²) in [5, 5.41) is 0. The molecule has 0 amide bonds. The Kier molecular flexibility index (Phi) is 2.73. The fraction of sp³-hybridized carbons (Fsp3) is 0.600. The van der Waals surface area contributed by atoms with E-state index in [2.05, 4.69) is 48.0 Å². The van der Waals surface area contributed by atoms with E-state index < -0.39 is 0 Å². The minimum atomic E-state index is -0.0285. The van der Waals surface area contributed by atoms with Gasteiger partial charge in [0.1, 0.15) is 11.4 Å². The van der Waals surface area contributed by atoms with E-state index in [1.807, 2.05) is 0 Å². The zero-order chi connectivity index (χ0) is 12.0. The highest BCUT2D eigenvalue weighted by Gasteiger charge is 2.31. The van der Waals surface area contributed by atoms with Crippen LogP contribution in [-0.4, -0.2) is 5.60 Å². The van der Waals surface area contributed by atoms with Gasteiger partial charge in [-0.2, -0.15) is 0 Å². The second-order valence-electron chi connectivity index (χ2n) is 6.05.